The molecule has 3 rings (SSSR count). The van der Waals surface area contributed by atoms with Crippen LogP contribution in [0.2, 0.25) is 0 Å². The number of hydrogen-bond acceptors (Lipinski definition) is 5. The van der Waals surface area contributed by atoms with Gasteiger partial charge in [-0.05, 0) is 30.5 Å². The van der Waals surface area contributed by atoms with Gasteiger partial charge in [0.25, 0.3) is 11.7 Å². The Balaban J connectivity index is 1.68. The fraction of sp³-hybridized carbons (Fsp3) is 0.444. The van der Waals surface area contributed by atoms with E-state index in [2.05, 4.69) is 20.8 Å². The summed E-state index contributed by atoms with van der Waals surface area (Å²) in [7, 11) is 1.46. The molecule has 0 unspecified atom stereocenters. The van der Waals surface area contributed by atoms with Crippen molar-refractivity contribution in [3.63, 3.8) is 0 Å². The first kappa shape index (κ1) is 18.8. The molecule has 0 spiro atoms. The van der Waals surface area contributed by atoms with Crippen LogP contribution in [0.4, 0.5) is 9.18 Å². The molecule has 2 aromatic rings. The first-order chi connectivity index (χ1) is 13.1. The van der Waals surface area contributed by atoms with Crippen LogP contribution >= 0.6 is 0 Å². The Morgan fingerprint density at radius 1 is 1.33 bits per heavy atom. The van der Waals surface area contributed by atoms with Crippen LogP contribution in [0.3, 0.4) is 0 Å². The number of aromatic nitrogens is 2. The summed E-state index contributed by atoms with van der Waals surface area (Å²) in [5, 5.41) is 8.70. The van der Waals surface area contributed by atoms with Gasteiger partial charge in [0.1, 0.15) is 5.82 Å². The molecular weight excluding hydrogens is 353 g/mol. The Hall–Kier alpha value is -2.97. The van der Waals surface area contributed by atoms with Crippen molar-refractivity contribution in [2.45, 2.75) is 38.3 Å². The summed E-state index contributed by atoms with van der Waals surface area (Å²) in [6.07, 6.45) is 3.66. The lowest BCUT2D eigenvalue weighted by atomic mass is 10.0. The van der Waals surface area contributed by atoms with Crippen LogP contribution in [0.1, 0.15) is 53.8 Å². The third-order valence-electron chi connectivity index (χ3n) is 4.54. The maximum Gasteiger partial charge on any atom is 0.318 e. The fourth-order valence-electron chi connectivity index (χ4n) is 3.20. The van der Waals surface area contributed by atoms with Gasteiger partial charge in [0, 0.05) is 13.6 Å². The van der Waals surface area contributed by atoms with Gasteiger partial charge in [0.2, 0.25) is 5.89 Å². The Morgan fingerprint density at radius 3 is 2.96 bits per heavy atom. The van der Waals surface area contributed by atoms with Crippen molar-refractivity contribution < 1.29 is 18.5 Å². The van der Waals surface area contributed by atoms with Crippen LogP contribution in [0.5, 0.6) is 0 Å². The number of halogens is 1. The lowest BCUT2D eigenvalue weighted by Gasteiger charge is -2.30. The van der Waals surface area contributed by atoms with Gasteiger partial charge in [0.05, 0.1) is 12.6 Å². The molecule has 1 atom stereocenters. The topological polar surface area (TPSA) is 100 Å². The van der Waals surface area contributed by atoms with Crippen LogP contribution in [0.25, 0.3) is 0 Å². The number of rotatable bonds is 4. The van der Waals surface area contributed by atoms with E-state index >= 15 is 0 Å². The first-order valence-electron chi connectivity index (χ1n) is 8.93. The molecule has 1 aliphatic rings. The second kappa shape index (κ2) is 8.61. The Kier molecular flexibility index (Phi) is 6.00. The number of nitrogens with one attached hydrogen (secondary N) is 2. The molecule has 2 N–H and O–H groups in total. The number of amides is 3. The Labute approximate surface area is 156 Å². The third-order valence-corrected chi connectivity index (χ3v) is 4.54. The molecule has 1 saturated heterocycles. The van der Waals surface area contributed by atoms with E-state index in [1.165, 1.54) is 19.2 Å². The maximum absolute atomic E-state index is 13.6. The summed E-state index contributed by atoms with van der Waals surface area (Å²) in [5.74, 6) is -0.729. The van der Waals surface area contributed by atoms with Gasteiger partial charge >= 0.3 is 6.03 Å². The lowest BCUT2D eigenvalue weighted by Crippen LogP contribution is -2.42. The summed E-state index contributed by atoms with van der Waals surface area (Å²) in [6.45, 7) is 0.593. The number of carbonyl (C=O) groups excluding carboxylic acids is 2. The van der Waals surface area contributed by atoms with Gasteiger partial charge in [-0.3, -0.25) is 4.79 Å². The number of carbonyl (C=O) groups is 2. The standard InChI is InChI=1S/C18H22FN5O3/c1-20-17(25)16-22-15(27-23-16)11-21-18(26)24-9-4-2-3-8-14(24)12-6-5-7-13(19)10-12/h5-7,10,14H,2-4,8-9,11H2,1H3,(H,20,25)(H,21,26)/t14-/m1/s1. The Bertz CT molecular complexity index is 810. The summed E-state index contributed by atoms with van der Waals surface area (Å²) >= 11 is 0. The van der Waals surface area contributed by atoms with Gasteiger partial charge in [-0.25, -0.2) is 9.18 Å². The van der Waals surface area contributed by atoms with Crippen molar-refractivity contribution in [1.82, 2.24) is 25.7 Å². The lowest BCUT2D eigenvalue weighted by molar-refractivity contribution is 0.0949. The van der Waals surface area contributed by atoms with Crippen molar-refractivity contribution in [3.05, 3.63) is 47.4 Å². The van der Waals surface area contributed by atoms with E-state index in [0.29, 0.717) is 6.54 Å². The van der Waals surface area contributed by atoms with E-state index in [-0.39, 0.29) is 36.2 Å². The van der Waals surface area contributed by atoms with E-state index in [0.717, 1.165) is 31.2 Å². The zero-order valence-corrected chi connectivity index (χ0v) is 15.1. The molecule has 1 aromatic heterocycles. The summed E-state index contributed by atoms with van der Waals surface area (Å²) in [4.78, 5) is 29.8. The molecule has 1 fully saturated rings. The van der Waals surface area contributed by atoms with Crippen molar-refractivity contribution in [2.24, 2.45) is 0 Å². The van der Waals surface area contributed by atoms with Gasteiger partial charge < -0.3 is 20.1 Å². The van der Waals surface area contributed by atoms with Gasteiger partial charge in [0.15, 0.2) is 0 Å². The summed E-state index contributed by atoms with van der Waals surface area (Å²) in [6, 6.07) is 5.89. The van der Waals surface area contributed by atoms with E-state index in [1.54, 1.807) is 11.0 Å². The zero-order valence-electron chi connectivity index (χ0n) is 15.1. The molecule has 0 aliphatic carbocycles. The van der Waals surface area contributed by atoms with E-state index in [9.17, 15) is 14.0 Å². The van der Waals surface area contributed by atoms with Crippen LogP contribution in [0, 0.1) is 5.82 Å². The minimum Gasteiger partial charge on any atom is -0.352 e. The van der Waals surface area contributed by atoms with Crippen molar-refractivity contribution >= 4 is 11.9 Å². The van der Waals surface area contributed by atoms with Crippen LogP contribution in [-0.2, 0) is 6.54 Å². The molecule has 3 amide bonds. The zero-order chi connectivity index (χ0) is 19.2. The molecule has 27 heavy (non-hydrogen) atoms. The predicted molar refractivity (Wildman–Crippen MR) is 94.2 cm³/mol. The van der Waals surface area contributed by atoms with E-state index in [4.69, 9.17) is 4.52 Å². The maximum atomic E-state index is 13.6. The summed E-state index contributed by atoms with van der Waals surface area (Å²) < 4.78 is 18.6. The molecule has 1 aromatic carbocycles. The molecule has 0 bridgehead atoms. The second-order valence-electron chi connectivity index (χ2n) is 6.36. The molecule has 8 nitrogen and oxygen atoms in total. The first-order valence-corrected chi connectivity index (χ1v) is 8.93. The van der Waals surface area contributed by atoms with Crippen LogP contribution in [-0.4, -0.2) is 40.6 Å². The van der Waals surface area contributed by atoms with E-state index in [1.807, 2.05) is 6.07 Å². The minimum absolute atomic E-state index is 0.00913. The van der Waals surface area contributed by atoms with Crippen molar-refractivity contribution in [1.29, 1.82) is 0 Å². The Morgan fingerprint density at radius 2 is 2.19 bits per heavy atom. The third kappa shape index (κ3) is 4.60. The monoisotopic (exact) mass is 375 g/mol. The highest BCUT2D eigenvalue weighted by atomic mass is 19.1. The summed E-state index contributed by atoms with van der Waals surface area (Å²) in [5.41, 5.74) is 0.784. The minimum atomic E-state index is -0.463. The van der Waals surface area contributed by atoms with Crippen molar-refractivity contribution in [3.8, 4) is 0 Å². The largest absolute Gasteiger partial charge is 0.352 e. The number of nitrogens with zero attached hydrogens (tertiary/aromatic N) is 3. The van der Waals surface area contributed by atoms with Gasteiger partial charge in [-0.1, -0.05) is 30.1 Å². The SMILES string of the molecule is CNC(=O)c1noc(CNC(=O)N2CCCCC[C@@H]2c2cccc(F)c2)n1. The molecule has 1 aliphatic heterocycles. The highest BCUT2D eigenvalue weighted by molar-refractivity contribution is 5.89. The molecule has 0 saturated carbocycles. The second-order valence-corrected chi connectivity index (χ2v) is 6.36. The number of hydrogen-bond donors (Lipinski definition) is 2. The average molecular weight is 375 g/mol. The van der Waals surface area contributed by atoms with Crippen molar-refractivity contribution in [2.75, 3.05) is 13.6 Å². The molecular formula is C18H22FN5O3. The predicted octanol–water partition coefficient (Wildman–Crippen LogP) is 2.40. The number of benzene rings is 1. The van der Waals surface area contributed by atoms with Crippen LogP contribution in [0.15, 0.2) is 28.8 Å². The fourth-order valence-corrected chi connectivity index (χ4v) is 3.20. The normalized spacial score (nSPS) is 17.3. The number of likely N-dealkylation sites (tertiary alicyclic amines) is 1. The van der Waals surface area contributed by atoms with Gasteiger partial charge in [-0.15, -0.1) is 0 Å². The van der Waals surface area contributed by atoms with E-state index < -0.39 is 5.91 Å². The molecule has 0 radical (unpaired) electrons. The highest BCUT2D eigenvalue weighted by Gasteiger charge is 2.27. The molecule has 2 heterocycles. The quantitative estimate of drug-likeness (QED) is 0.855. The average Bonchev–Trinajstić information content (AvgIpc) is 3.01. The highest BCUT2D eigenvalue weighted by Crippen LogP contribution is 2.30. The van der Waals surface area contributed by atoms with Crippen LogP contribution < -0.4 is 10.6 Å². The number of urea groups is 1. The smallest absolute Gasteiger partial charge is 0.318 e. The molecule has 144 valence electrons. The van der Waals surface area contributed by atoms with Gasteiger partial charge in [-0.2, -0.15) is 4.98 Å². The molecule has 9 heteroatoms.